The summed E-state index contributed by atoms with van der Waals surface area (Å²) in [6, 6.07) is 8.96. The van der Waals surface area contributed by atoms with Crippen LogP contribution in [0.15, 0.2) is 52.6 Å². The quantitative estimate of drug-likeness (QED) is 0.449. The van der Waals surface area contributed by atoms with Crippen molar-refractivity contribution < 1.29 is 23.9 Å². The van der Waals surface area contributed by atoms with Gasteiger partial charge in [-0.15, -0.1) is 0 Å². The molecule has 0 saturated heterocycles. The van der Waals surface area contributed by atoms with Crippen LogP contribution in [0.1, 0.15) is 27.7 Å². The zero-order valence-corrected chi connectivity index (χ0v) is 13.9. The Labute approximate surface area is 139 Å². The number of imide groups is 1. The molecule has 1 aromatic rings. The maximum Gasteiger partial charge on any atom is 0.342 e. The first-order valence-corrected chi connectivity index (χ1v) is 7.31. The average Bonchev–Trinajstić information content (AvgIpc) is 2.91. The van der Waals surface area contributed by atoms with E-state index < -0.39 is 11.9 Å². The van der Waals surface area contributed by atoms with Crippen LogP contribution in [0.5, 0.6) is 0 Å². The van der Waals surface area contributed by atoms with Gasteiger partial charge in [0.1, 0.15) is 0 Å². The molecule has 2 heterocycles. The second-order valence-electron chi connectivity index (χ2n) is 5.46. The number of esters is 2. The van der Waals surface area contributed by atoms with E-state index in [1.807, 2.05) is 6.07 Å². The van der Waals surface area contributed by atoms with Crippen LogP contribution in [0.2, 0.25) is 0 Å². The highest BCUT2D eigenvalue weighted by molar-refractivity contribution is 6.32. The van der Waals surface area contributed by atoms with Gasteiger partial charge in [0.15, 0.2) is 0 Å². The molecule has 0 saturated carbocycles. The van der Waals surface area contributed by atoms with Crippen LogP contribution in [0.4, 0.5) is 5.69 Å². The summed E-state index contributed by atoms with van der Waals surface area (Å²) in [6.45, 7) is 6.50. The monoisotopic (exact) mass is 327 g/mol. The van der Waals surface area contributed by atoms with Crippen LogP contribution in [-0.2, 0) is 23.9 Å². The number of carbonyl (C=O) groups is 4. The van der Waals surface area contributed by atoms with Gasteiger partial charge in [0, 0.05) is 22.3 Å². The largest absolute Gasteiger partial charge is 0.386 e. The highest BCUT2D eigenvalue weighted by Gasteiger charge is 2.34. The summed E-state index contributed by atoms with van der Waals surface area (Å²) in [5.74, 6) is -1.47. The molecule has 124 valence electrons. The Hall–Kier alpha value is -3.02. The molecule has 6 nitrogen and oxygen atoms in total. The number of anilines is 1. The first-order chi connectivity index (χ1) is 11.3. The fraction of sp³-hybridized carbons (Fsp3) is 0.222. The maximum absolute atomic E-state index is 11.8. The summed E-state index contributed by atoms with van der Waals surface area (Å²) in [5.41, 5.74) is 2.52. The number of hydrogen-bond acceptors (Lipinski definition) is 5. The van der Waals surface area contributed by atoms with Gasteiger partial charge in [-0.1, -0.05) is 18.2 Å². The molecule has 0 N–H and O–H groups in total. The molecule has 0 radical (unpaired) electrons. The molecule has 0 spiro atoms. The highest BCUT2D eigenvalue weighted by Crippen LogP contribution is 2.25. The summed E-state index contributed by atoms with van der Waals surface area (Å²) in [6.07, 6.45) is 0. The molecule has 2 amide bonds. The summed E-state index contributed by atoms with van der Waals surface area (Å²) < 4.78 is 4.23. The van der Waals surface area contributed by atoms with E-state index in [-0.39, 0.29) is 11.8 Å². The lowest BCUT2D eigenvalue weighted by Crippen LogP contribution is -2.31. The van der Waals surface area contributed by atoms with Gasteiger partial charge in [-0.3, -0.25) is 9.59 Å². The minimum absolute atomic E-state index is 0.219. The van der Waals surface area contributed by atoms with Crippen LogP contribution in [0, 0.1) is 0 Å². The minimum Gasteiger partial charge on any atom is -0.386 e. The van der Waals surface area contributed by atoms with E-state index in [4.69, 9.17) is 0 Å². The number of ether oxygens (including phenoxy) is 1. The highest BCUT2D eigenvalue weighted by atomic mass is 16.6. The minimum atomic E-state index is -0.516. The third-order valence-corrected chi connectivity index (χ3v) is 3.98. The average molecular weight is 327 g/mol. The predicted molar refractivity (Wildman–Crippen MR) is 86.8 cm³/mol. The van der Waals surface area contributed by atoms with Gasteiger partial charge in [-0.05, 0) is 39.8 Å². The lowest BCUT2D eigenvalue weighted by atomic mass is 10.2. The van der Waals surface area contributed by atoms with E-state index in [0.717, 1.165) is 0 Å². The fourth-order valence-corrected chi connectivity index (χ4v) is 2.10. The van der Waals surface area contributed by atoms with Crippen LogP contribution >= 0.6 is 0 Å². The van der Waals surface area contributed by atoms with Gasteiger partial charge < -0.3 is 4.74 Å². The summed E-state index contributed by atoms with van der Waals surface area (Å²) >= 11 is 0. The third kappa shape index (κ3) is 3.03. The summed E-state index contributed by atoms with van der Waals surface area (Å²) in [5, 5.41) is 0. The van der Waals surface area contributed by atoms with Crippen LogP contribution in [-0.4, -0.2) is 23.8 Å². The third-order valence-electron chi connectivity index (χ3n) is 3.98. The van der Waals surface area contributed by atoms with Crippen LogP contribution < -0.4 is 4.90 Å². The van der Waals surface area contributed by atoms with E-state index in [9.17, 15) is 19.2 Å². The molecule has 1 aromatic carbocycles. The normalized spacial score (nSPS) is 17.4. The number of hydrogen-bond donors (Lipinski definition) is 0. The predicted octanol–water partition coefficient (Wildman–Crippen LogP) is 2.30. The molecule has 0 fully saturated rings. The molecule has 0 aliphatic carbocycles. The molecule has 2 aliphatic rings. The summed E-state index contributed by atoms with van der Waals surface area (Å²) in [4.78, 5) is 45.7. The number of rotatable bonds is 1. The van der Waals surface area contributed by atoms with Crippen LogP contribution in [0.3, 0.4) is 0 Å². The molecule has 6 heteroatoms. The van der Waals surface area contributed by atoms with Crippen molar-refractivity contribution in [1.29, 1.82) is 0 Å². The Bertz CT molecular complexity index is 756. The Morgan fingerprint density at radius 3 is 1.42 bits per heavy atom. The maximum atomic E-state index is 11.8. The lowest BCUT2D eigenvalue weighted by molar-refractivity contribution is -0.151. The van der Waals surface area contributed by atoms with E-state index in [1.54, 1.807) is 52.0 Å². The zero-order chi connectivity index (χ0) is 18.0. The summed E-state index contributed by atoms with van der Waals surface area (Å²) in [7, 11) is 0. The van der Waals surface area contributed by atoms with Gasteiger partial charge in [-0.25, -0.2) is 14.5 Å². The van der Waals surface area contributed by atoms with Crippen molar-refractivity contribution in [3.63, 3.8) is 0 Å². The molecule has 0 unspecified atom stereocenters. The number of carbonyl (C=O) groups excluding carboxylic acids is 4. The molecule has 2 aliphatic heterocycles. The Morgan fingerprint density at radius 2 is 1.08 bits per heavy atom. The van der Waals surface area contributed by atoms with E-state index >= 15 is 0 Å². The first kappa shape index (κ1) is 17.3. The number of amides is 2. The Balaban J connectivity index is 0.000000198. The lowest BCUT2D eigenvalue weighted by Gasteiger charge is -2.14. The number of benzene rings is 1. The molecule has 24 heavy (non-hydrogen) atoms. The number of nitrogens with zero attached hydrogens (tertiary/aromatic N) is 1. The van der Waals surface area contributed by atoms with Crippen LogP contribution in [0.25, 0.3) is 0 Å². The zero-order valence-electron chi connectivity index (χ0n) is 13.9. The van der Waals surface area contributed by atoms with E-state index in [2.05, 4.69) is 4.74 Å². The first-order valence-electron chi connectivity index (χ1n) is 7.31. The molecule has 0 bridgehead atoms. The van der Waals surface area contributed by atoms with Gasteiger partial charge in [0.2, 0.25) is 0 Å². The van der Waals surface area contributed by atoms with Gasteiger partial charge in [-0.2, -0.15) is 0 Å². The van der Waals surface area contributed by atoms with Gasteiger partial charge >= 0.3 is 11.9 Å². The fourth-order valence-electron chi connectivity index (χ4n) is 2.10. The Morgan fingerprint density at radius 1 is 0.667 bits per heavy atom. The van der Waals surface area contributed by atoms with E-state index in [1.165, 1.54) is 4.90 Å². The molecular weight excluding hydrogens is 310 g/mol. The standard InChI is InChI=1S/C12H11NO2.C6H6O3/c1-8-9(2)12(15)13(11(8)14)10-6-4-3-5-7-10;1-3-4(2)6(8)9-5(3)7/h3-7H,1-2H3;1-2H3. The number of cyclic esters (lactones) is 2. The van der Waals surface area contributed by atoms with Crippen molar-refractivity contribution in [2.75, 3.05) is 4.90 Å². The SMILES string of the molecule is CC1=C(C)C(=O)N(c2ccccc2)C1=O.CC1=C(C)C(=O)OC1=O. The van der Waals surface area contributed by atoms with Crippen molar-refractivity contribution in [3.05, 3.63) is 52.6 Å². The van der Waals surface area contributed by atoms with Crippen molar-refractivity contribution in [2.45, 2.75) is 27.7 Å². The van der Waals surface area contributed by atoms with Crippen molar-refractivity contribution in [1.82, 2.24) is 0 Å². The Kier molecular flexibility index (Phi) is 4.78. The second kappa shape index (κ2) is 6.62. The topological polar surface area (TPSA) is 80.8 Å². The van der Waals surface area contributed by atoms with Gasteiger partial charge in [0.05, 0.1) is 5.69 Å². The smallest absolute Gasteiger partial charge is 0.342 e. The second-order valence-corrected chi connectivity index (χ2v) is 5.46. The van der Waals surface area contributed by atoms with E-state index in [0.29, 0.717) is 28.0 Å². The molecule has 3 rings (SSSR count). The van der Waals surface area contributed by atoms with Crippen molar-refractivity contribution >= 4 is 29.4 Å². The van der Waals surface area contributed by atoms with Gasteiger partial charge in [0.25, 0.3) is 11.8 Å². The molecule has 0 atom stereocenters. The number of para-hydroxylation sites is 1. The molecular formula is C18H17NO5. The van der Waals surface area contributed by atoms with Crippen molar-refractivity contribution in [2.24, 2.45) is 0 Å². The molecule has 0 aromatic heterocycles. The van der Waals surface area contributed by atoms with Crippen molar-refractivity contribution in [3.8, 4) is 0 Å².